The molecule has 0 N–H and O–H groups in total. The van der Waals surface area contributed by atoms with Crippen molar-refractivity contribution >= 4 is 27.6 Å². The molecule has 1 amide bonds. The molecule has 1 atom stereocenters. The minimum absolute atomic E-state index is 0.113. The van der Waals surface area contributed by atoms with Crippen molar-refractivity contribution in [3.05, 3.63) is 113 Å². The van der Waals surface area contributed by atoms with E-state index in [0.29, 0.717) is 53.4 Å². The van der Waals surface area contributed by atoms with Gasteiger partial charge in [0.05, 0.1) is 29.2 Å². The summed E-state index contributed by atoms with van der Waals surface area (Å²) in [4.78, 5) is 37.2. The van der Waals surface area contributed by atoms with Crippen molar-refractivity contribution in [1.82, 2.24) is 19.4 Å². The van der Waals surface area contributed by atoms with Crippen LogP contribution in [0.4, 0.5) is 0 Å². The summed E-state index contributed by atoms with van der Waals surface area (Å²) in [6.45, 7) is 5.40. The number of likely N-dealkylation sites (N-methyl/N-ethyl adjacent to an activating group) is 1. The van der Waals surface area contributed by atoms with Crippen LogP contribution in [0.15, 0.2) is 95.8 Å². The first kappa shape index (κ1) is 27.1. The lowest BCUT2D eigenvalue weighted by Crippen LogP contribution is -2.41. The molecule has 1 aromatic heterocycles. The van der Waals surface area contributed by atoms with Crippen LogP contribution in [0.25, 0.3) is 27.4 Å². The standard InChI is InChI=1S/C33H34N4O3/c1-5-40-30-20-11-10-19-29(30)37-31(34-28-18-9-8-16-27(28)33(37)39)23(2)36(22-21-35(3)4)32(38)26-17-12-14-24-13-6-7-15-25(24)26/h6-20,23H,5,21-22H2,1-4H3. The largest absolute Gasteiger partial charge is 0.492 e. The van der Waals surface area contributed by atoms with Crippen LogP contribution < -0.4 is 10.3 Å². The maximum atomic E-state index is 14.3. The Morgan fingerprint density at radius 2 is 1.55 bits per heavy atom. The van der Waals surface area contributed by atoms with Crippen molar-refractivity contribution in [1.29, 1.82) is 0 Å². The van der Waals surface area contributed by atoms with Crippen molar-refractivity contribution in [3.8, 4) is 11.4 Å². The third-order valence-corrected chi connectivity index (χ3v) is 7.12. The van der Waals surface area contributed by atoms with Crippen molar-refractivity contribution < 1.29 is 9.53 Å². The smallest absolute Gasteiger partial charge is 0.266 e. The number of aromatic nitrogens is 2. The molecule has 0 aliphatic carbocycles. The summed E-state index contributed by atoms with van der Waals surface area (Å²) in [5.41, 5.74) is 1.60. The lowest BCUT2D eigenvalue weighted by Gasteiger charge is -2.32. The van der Waals surface area contributed by atoms with Crippen LogP contribution in [0.1, 0.15) is 36.1 Å². The first-order chi connectivity index (χ1) is 19.4. The minimum Gasteiger partial charge on any atom is -0.492 e. The fourth-order valence-corrected chi connectivity index (χ4v) is 5.07. The van der Waals surface area contributed by atoms with Gasteiger partial charge in [-0.1, -0.05) is 60.7 Å². The third kappa shape index (κ3) is 5.20. The number of hydrogen-bond donors (Lipinski definition) is 0. The van der Waals surface area contributed by atoms with Gasteiger partial charge in [0.2, 0.25) is 0 Å². The Bertz CT molecular complexity index is 1720. The third-order valence-electron chi connectivity index (χ3n) is 7.12. The van der Waals surface area contributed by atoms with Crippen LogP contribution in [-0.4, -0.2) is 59.0 Å². The van der Waals surface area contributed by atoms with E-state index in [2.05, 4.69) is 0 Å². The molecule has 0 bridgehead atoms. The number of fused-ring (bicyclic) bond motifs is 2. The number of para-hydroxylation sites is 3. The highest BCUT2D eigenvalue weighted by Gasteiger charge is 2.29. The second kappa shape index (κ2) is 11.7. The summed E-state index contributed by atoms with van der Waals surface area (Å²) in [6.07, 6.45) is 0. The summed E-state index contributed by atoms with van der Waals surface area (Å²) in [5.74, 6) is 0.944. The first-order valence-electron chi connectivity index (χ1n) is 13.6. The maximum absolute atomic E-state index is 14.3. The van der Waals surface area contributed by atoms with Gasteiger partial charge in [-0.05, 0) is 69.0 Å². The van der Waals surface area contributed by atoms with Crippen molar-refractivity contribution in [2.24, 2.45) is 0 Å². The van der Waals surface area contributed by atoms with Gasteiger partial charge in [0.25, 0.3) is 11.5 Å². The molecule has 0 saturated carbocycles. The van der Waals surface area contributed by atoms with Gasteiger partial charge in [-0.2, -0.15) is 0 Å². The molecular formula is C33H34N4O3. The van der Waals surface area contributed by atoms with Crippen molar-refractivity contribution in [3.63, 3.8) is 0 Å². The zero-order chi connectivity index (χ0) is 28.2. The molecule has 4 aromatic carbocycles. The van der Waals surface area contributed by atoms with Gasteiger partial charge >= 0.3 is 0 Å². The molecule has 7 nitrogen and oxygen atoms in total. The Morgan fingerprint density at radius 3 is 2.33 bits per heavy atom. The highest BCUT2D eigenvalue weighted by atomic mass is 16.5. The molecular weight excluding hydrogens is 500 g/mol. The van der Waals surface area contributed by atoms with E-state index in [-0.39, 0.29) is 11.5 Å². The summed E-state index contributed by atoms with van der Waals surface area (Å²) >= 11 is 0. The molecule has 5 aromatic rings. The molecule has 0 fully saturated rings. The minimum atomic E-state index is -0.529. The number of benzene rings is 4. The summed E-state index contributed by atoms with van der Waals surface area (Å²) in [7, 11) is 3.96. The Labute approximate surface area is 234 Å². The van der Waals surface area contributed by atoms with Crippen LogP contribution >= 0.6 is 0 Å². The number of amides is 1. The monoisotopic (exact) mass is 534 g/mol. The second-order valence-electron chi connectivity index (χ2n) is 10.0. The van der Waals surface area contributed by atoms with E-state index in [1.165, 1.54) is 0 Å². The van der Waals surface area contributed by atoms with Gasteiger partial charge < -0.3 is 14.5 Å². The Balaban J connectivity index is 1.72. The van der Waals surface area contributed by atoms with Gasteiger partial charge in [0, 0.05) is 18.7 Å². The number of carbonyl (C=O) groups excluding carboxylic acids is 1. The predicted octanol–water partition coefficient (Wildman–Crippen LogP) is 5.70. The molecule has 40 heavy (non-hydrogen) atoms. The van der Waals surface area contributed by atoms with E-state index < -0.39 is 6.04 Å². The van der Waals surface area contributed by atoms with Crippen molar-refractivity contribution in [2.45, 2.75) is 19.9 Å². The number of nitrogens with zero attached hydrogens (tertiary/aromatic N) is 4. The predicted molar refractivity (Wildman–Crippen MR) is 160 cm³/mol. The fourth-order valence-electron chi connectivity index (χ4n) is 5.07. The zero-order valence-corrected chi connectivity index (χ0v) is 23.4. The van der Waals surface area contributed by atoms with Crippen molar-refractivity contribution in [2.75, 3.05) is 33.8 Å². The summed E-state index contributed by atoms with van der Waals surface area (Å²) in [5, 5.41) is 2.40. The molecule has 1 heterocycles. The maximum Gasteiger partial charge on any atom is 0.266 e. The molecule has 5 rings (SSSR count). The molecule has 0 saturated heterocycles. The van der Waals surface area contributed by atoms with Gasteiger partial charge in [-0.15, -0.1) is 0 Å². The summed E-state index contributed by atoms with van der Waals surface area (Å²) in [6, 6.07) is 27.9. The number of rotatable bonds is 9. The highest BCUT2D eigenvalue weighted by molar-refractivity contribution is 6.07. The zero-order valence-electron chi connectivity index (χ0n) is 23.4. The lowest BCUT2D eigenvalue weighted by atomic mass is 10.0. The molecule has 0 spiro atoms. The molecule has 1 unspecified atom stereocenters. The van der Waals surface area contributed by atoms with Gasteiger partial charge in [0.15, 0.2) is 0 Å². The van der Waals surface area contributed by atoms with Crippen LogP contribution in [0.3, 0.4) is 0 Å². The van der Waals surface area contributed by atoms with E-state index in [4.69, 9.17) is 9.72 Å². The normalized spacial score (nSPS) is 12.1. The fraction of sp³-hybridized carbons (Fsp3) is 0.242. The highest BCUT2D eigenvalue weighted by Crippen LogP contribution is 2.30. The van der Waals surface area contributed by atoms with Crippen LogP contribution in [0.2, 0.25) is 0 Å². The topological polar surface area (TPSA) is 67.7 Å². The SMILES string of the molecule is CCOc1ccccc1-n1c(C(C)N(CCN(C)C)C(=O)c2cccc3ccccc23)nc2ccccc2c1=O. The number of carbonyl (C=O) groups is 1. The van der Waals surface area contributed by atoms with E-state index in [1.54, 1.807) is 10.6 Å². The van der Waals surface area contributed by atoms with Crippen LogP contribution in [0, 0.1) is 0 Å². The van der Waals surface area contributed by atoms with Gasteiger partial charge in [-0.25, -0.2) is 4.98 Å². The Hall–Kier alpha value is -4.49. The summed E-state index contributed by atoms with van der Waals surface area (Å²) < 4.78 is 7.53. The Kier molecular flexibility index (Phi) is 7.94. The van der Waals surface area contributed by atoms with E-state index in [0.717, 1.165) is 10.8 Å². The average molecular weight is 535 g/mol. The molecule has 0 radical (unpaired) electrons. The average Bonchev–Trinajstić information content (AvgIpc) is 2.97. The first-order valence-corrected chi connectivity index (χ1v) is 13.6. The van der Waals surface area contributed by atoms with E-state index in [1.807, 2.05) is 123 Å². The number of hydrogen-bond acceptors (Lipinski definition) is 5. The Morgan fingerprint density at radius 1 is 0.875 bits per heavy atom. The van der Waals surface area contributed by atoms with Gasteiger partial charge in [0.1, 0.15) is 11.6 Å². The molecule has 0 aliphatic rings. The molecule has 0 aliphatic heterocycles. The molecule has 204 valence electrons. The lowest BCUT2D eigenvalue weighted by molar-refractivity contribution is 0.0669. The van der Waals surface area contributed by atoms with Crippen LogP contribution in [-0.2, 0) is 0 Å². The number of ether oxygens (including phenoxy) is 1. The van der Waals surface area contributed by atoms with E-state index in [9.17, 15) is 9.59 Å². The van der Waals surface area contributed by atoms with Crippen LogP contribution in [0.5, 0.6) is 5.75 Å². The molecule has 7 heteroatoms. The van der Waals surface area contributed by atoms with E-state index >= 15 is 0 Å². The van der Waals surface area contributed by atoms with Gasteiger partial charge in [-0.3, -0.25) is 14.2 Å². The quantitative estimate of drug-likeness (QED) is 0.243. The second-order valence-corrected chi connectivity index (χ2v) is 10.0.